The summed E-state index contributed by atoms with van der Waals surface area (Å²) in [6, 6.07) is 7.26. The summed E-state index contributed by atoms with van der Waals surface area (Å²) in [4.78, 5) is 13.7. The fourth-order valence-corrected chi connectivity index (χ4v) is 2.41. The van der Waals surface area contributed by atoms with Crippen molar-refractivity contribution < 1.29 is 14.6 Å². The van der Waals surface area contributed by atoms with Crippen LogP contribution in [-0.2, 0) is 9.53 Å². The highest BCUT2D eigenvalue weighted by molar-refractivity contribution is 6.31. The Balaban J connectivity index is 2.44. The molecule has 1 aromatic rings. The molecule has 2 atom stereocenters. The number of likely N-dealkylation sites (N-methyl/N-ethyl adjacent to an activating group) is 1. The van der Waals surface area contributed by atoms with E-state index in [9.17, 15) is 9.90 Å². The van der Waals surface area contributed by atoms with E-state index in [2.05, 4.69) is 5.32 Å². The first kappa shape index (κ1) is 17.9. The Kier molecular flexibility index (Phi) is 7.67. The lowest BCUT2D eigenvalue weighted by Gasteiger charge is -2.21. The minimum Gasteiger partial charge on any atom is -0.389 e. The summed E-state index contributed by atoms with van der Waals surface area (Å²) in [7, 11) is 3.31. The Labute approximate surface area is 130 Å². The van der Waals surface area contributed by atoms with E-state index in [4.69, 9.17) is 16.3 Å². The predicted molar refractivity (Wildman–Crippen MR) is 83.4 cm³/mol. The van der Waals surface area contributed by atoms with E-state index in [0.29, 0.717) is 11.6 Å². The van der Waals surface area contributed by atoms with Crippen LogP contribution >= 0.6 is 11.6 Å². The number of amides is 1. The molecule has 0 bridgehead atoms. The topological polar surface area (TPSA) is 61.8 Å². The molecule has 118 valence electrons. The van der Waals surface area contributed by atoms with Gasteiger partial charge >= 0.3 is 0 Å². The van der Waals surface area contributed by atoms with Gasteiger partial charge in [0.2, 0.25) is 5.91 Å². The van der Waals surface area contributed by atoms with Gasteiger partial charge in [0.05, 0.1) is 25.3 Å². The Morgan fingerprint density at radius 1 is 1.48 bits per heavy atom. The van der Waals surface area contributed by atoms with Gasteiger partial charge < -0.3 is 15.2 Å². The van der Waals surface area contributed by atoms with E-state index < -0.39 is 6.10 Å². The van der Waals surface area contributed by atoms with E-state index in [0.717, 1.165) is 5.56 Å². The number of nitrogens with zero attached hydrogens (tertiary/aromatic N) is 1. The highest BCUT2D eigenvalue weighted by Crippen LogP contribution is 2.21. The quantitative estimate of drug-likeness (QED) is 0.762. The molecule has 1 amide bonds. The van der Waals surface area contributed by atoms with Gasteiger partial charge in [0.1, 0.15) is 0 Å². The molecular weight excluding hydrogens is 292 g/mol. The van der Waals surface area contributed by atoms with Crippen molar-refractivity contribution >= 4 is 17.5 Å². The van der Waals surface area contributed by atoms with Gasteiger partial charge in [-0.2, -0.15) is 0 Å². The van der Waals surface area contributed by atoms with Crippen LogP contribution in [0, 0.1) is 0 Å². The van der Waals surface area contributed by atoms with Crippen LogP contribution in [0.3, 0.4) is 0 Å². The van der Waals surface area contributed by atoms with Gasteiger partial charge in [-0.25, -0.2) is 0 Å². The molecule has 6 heteroatoms. The summed E-state index contributed by atoms with van der Waals surface area (Å²) in [5.41, 5.74) is 0.884. The number of halogens is 1. The van der Waals surface area contributed by atoms with E-state index in [1.54, 1.807) is 18.0 Å². The maximum absolute atomic E-state index is 12.0. The number of aliphatic hydroxyl groups excluding tert-OH is 1. The zero-order valence-corrected chi connectivity index (χ0v) is 13.4. The molecule has 0 aliphatic rings. The first-order chi connectivity index (χ1) is 9.93. The zero-order valence-electron chi connectivity index (χ0n) is 12.7. The van der Waals surface area contributed by atoms with E-state index in [1.807, 2.05) is 25.1 Å². The molecule has 5 nitrogen and oxygen atoms in total. The number of methoxy groups -OCH3 is 1. The Morgan fingerprint density at radius 3 is 2.76 bits per heavy atom. The summed E-state index contributed by atoms with van der Waals surface area (Å²) in [5, 5.41) is 13.1. The lowest BCUT2D eigenvalue weighted by Crippen LogP contribution is -2.40. The summed E-state index contributed by atoms with van der Waals surface area (Å²) >= 11 is 6.10. The van der Waals surface area contributed by atoms with E-state index in [-0.39, 0.29) is 25.1 Å². The van der Waals surface area contributed by atoms with Gasteiger partial charge in [-0.15, -0.1) is 0 Å². The lowest BCUT2D eigenvalue weighted by molar-refractivity contribution is -0.122. The standard InChI is InChI=1S/C15H23ClN2O3/c1-11(13-6-4-5-7-14(13)16)17-15(20)9-18(2)8-12(19)10-21-3/h4-7,11-12,19H,8-10H2,1-3H3,(H,17,20). The first-order valence-electron chi connectivity index (χ1n) is 6.83. The molecule has 0 aliphatic heterocycles. The minimum absolute atomic E-state index is 0.116. The van der Waals surface area contributed by atoms with Gasteiger partial charge in [0.25, 0.3) is 0 Å². The SMILES string of the molecule is COCC(O)CN(C)CC(=O)NC(C)c1ccccc1Cl. The third-order valence-corrected chi connectivity index (χ3v) is 3.39. The number of benzene rings is 1. The molecule has 2 unspecified atom stereocenters. The Bertz CT molecular complexity index is 456. The second-order valence-electron chi connectivity index (χ2n) is 5.12. The molecule has 0 aromatic heterocycles. The van der Waals surface area contributed by atoms with Crippen LogP contribution in [-0.4, -0.2) is 55.9 Å². The number of carbonyl (C=O) groups excluding carboxylic acids is 1. The number of ether oxygens (including phenoxy) is 1. The van der Waals surface area contributed by atoms with Gasteiger partial charge in [-0.1, -0.05) is 29.8 Å². The Morgan fingerprint density at radius 2 is 2.14 bits per heavy atom. The van der Waals surface area contributed by atoms with Crippen LogP contribution in [0.25, 0.3) is 0 Å². The number of carbonyl (C=O) groups is 1. The van der Waals surface area contributed by atoms with Gasteiger partial charge in [-0.3, -0.25) is 9.69 Å². The number of aliphatic hydroxyl groups is 1. The molecule has 21 heavy (non-hydrogen) atoms. The molecule has 1 aromatic carbocycles. The molecule has 0 radical (unpaired) electrons. The molecule has 0 fully saturated rings. The number of hydrogen-bond donors (Lipinski definition) is 2. The molecule has 0 aliphatic carbocycles. The molecule has 0 spiro atoms. The van der Waals surface area contributed by atoms with Gasteiger partial charge in [0, 0.05) is 18.7 Å². The van der Waals surface area contributed by atoms with Crippen molar-refractivity contribution in [2.24, 2.45) is 0 Å². The molecule has 2 N–H and O–H groups in total. The molecule has 0 saturated carbocycles. The maximum atomic E-state index is 12.0. The van der Waals surface area contributed by atoms with E-state index >= 15 is 0 Å². The highest BCUT2D eigenvalue weighted by atomic mass is 35.5. The van der Waals surface area contributed by atoms with Crippen molar-refractivity contribution in [2.45, 2.75) is 19.1 Å². The maximum Gasteiger partial charge on any atom is 0.234 e. The van der Waals surface area contributed by atoms with Crippen LogP contribution in [0.5, 0.6) is 0 Å². The molecule has 0 heterocycles. The summed E-state index contributed by atoms with van der Waals surface area (Å²) in [5.74, 6) is -0.116. The predicted octanol–water partition coefficient (Wildman–Crippen LogP) is 1.46. The molecule has 0 saturated heterocycles. The van der Waals surface area contributed by atoms with Crippen LogP contribution in [0.1, 0.15) is 18.5 Å². The van der Waals surface area contributed by atoms with Crippen molar-refractivity contribution in [1.29, 1.82) is 0 Å². The van der Waals surface area contributed by atoms with Crippen LogP contribution < -0.4 is 5.32 Å². The summed E-state index contributed by atoms with van der Waals surface area (Å²) < 4.78 is 4.85. The largest absolute Gasteiger partial charge is 0.389 e. The monoisotopic (exact) mass is 314 g/mol. The van der Waals surface area contributed by atoms with Crippen LogP contribution in [0.15, 0.2) is 24.3 Å². The number of nitrogens with one attached hydrogen (secondary N) is 1. The number of hydrogen-bond acceptors (Lipinski definition) is 4. The minimum atomic E-state index is -0.603. The highest BCUT2D eigenvalue weighted by Gasteiger charge is 2.15. The third kappa shape index (κ3) is 6.44. The first-order valence-corrected chi connectivity index (χ1v) is 7.21. The van der Waals surface area contributed by atoms with Gasteiger partial charge in [0.15, 0.2) is 0 Å². The average molecular weight is 315 g/mol. The van der Waals surface area contributed by atoms with Crippen LogP contribution in [0.2, 0.25) is 5.02 Å². The van der Waals surface area contributed by atoms with E-state index in [1.165, 1.54) is 7.11 Å². The van der Waals surface area contributed by atoms with Crippen LogP contribution in [0.4, 0.5) is 0 Å². The second-order valence-corrected chi connectivity index (χ2v) is 5.52. The lowest BCUT2D eigenvalue weighted by atomic mass is 10.1. The van der Waals surface area contributed by atoms with Gasteiger partial charge in [-0.05, 0) is 25.6 Å². The van der Waals surface area contributed by atoms with Crippen molar-refractivity contribution in [3.63, 3.8) is 0 Å². The smallest absolute Gasteiger partial charge is 0.234 e. The normalized spacial score (nSPS) is 14.0. The van der Waals surface area contributed by atoms with Crippen molar-refractivity contribution in [1.82, 2.24) is 10.2 Å². The molecule has 1 rings (SSSR count). The average Bonchev–Trinajstić information content (AvgIpc) is 2.38. The summed E-state index contributed by atoms with van der Waals surface area (Å²) in [6.07, 6.45) is -0.603. The van der Waals surface area contributed by atoms with Crippen molar-refractivity contribution in [3.8, 4) is 0 Å². The van der Waals surface area contributed by atoms with Crippen molar-refractivity contribution in [2.75, 3.05) is 33.9 Å². The third-order valence-electron chi connectivity index (χ3n) is 3.04. The second kappa shape index (κ2) is 9.00. The Hall–Kier alpha value is -1.14. The number of rotatable bonds is 8. The van der Waals surface area contributed by atoms with Crippen molar-refractivity contribution in [3.05, 3.63) is 34.9 Å². The fraction of sp³-hybridized carbons (Fsp3) is 0.533. The molecular formula is C15H23ClN2O3. The zero-order chi connectivity index (χ0) is 15.8. The fourth-order valence-electron chi connectivity index (χ4n) is 2.11. The summed E-state index contributed by atoms with van der Waals surface area (Å²) in [6.45, 7) is 2.72.